The van der Waals surface area contributed by atoms with Gasteiger partial charge in [0.05, 0.1) is 6.54 Å². The van der Waals surface area contributed by atoms with E-state index >= 15 is 0 Å². The Balaban J connectivity index is 1.82. The molecule has 0 aromatic carbocycles. The zero-order valence-corrected chi connectivity index (χ0v) is 12.0. The summed E-state index contributed by atoms with van der Waals surface area (Å²) in [5.41, 5.74) is 0. The van der Waals surface area contributed by atoms with Crippen molar-refractivity contribution in [3.05, 3.63) is 12.7 Å². The second-order valence-corrected chi connectivity index (χ2v) is 5.53. The summed E-state index contributed by atoms with van der Waals surface area (Å²) in [5.74, 6) is 1.04. The lowest BCUT2D eigenvalue weighted by Crippen LogP contribution is -2.46. The molecule has 3 N–H and O–H groups in total. The van der Waals surface area contributed by atoms with Gasteiger partial charge in [0.2, 0.25) is 5.91 Å². The molecule has 0 spiro atoms. The van der Waals surface area contributed by atoms with Crippen LogP contribution in [-0.4, -0.2) is 55.6 Å². The van der Waals surface area contributed by atoms with E-state index in [0.717, 1.165) is 26.1 Å². The quantitative estimate of drug-likeness (QED) is 0.616. The van der Waals surface area contributed by atoms with Gasteiger partial charge in [-0.25, -0.2) is 4.79 Å². The average molecular weight is 280 g/mol. The van der Waals surface area contributed by atoms with E-state index in [0.29, 0.717) is 31.0 Å². The summed E-state index contributed by atoms with van der Waals surface area (Å²) < 4.78 is 0. The molecule has 0 aromatic heterocycles. The van der Waals surface area contributed by atoms with E-state index in [1.165, 1.54) is 0 Å². The Morgan fingerprint density at radius 1 is 1.45 bits per heavy atom. The molecule has 3 unspecified atom stereocenters. The molecule has 2 aliphatic rings. The topological polar surface area (TPSA) is 73.5 Å². The molecule has 2 aliphatic heterocycles. The lowest BCUT2D eigenvalue weighted by molar-refractivity contribution is -0.121. The normalized spacial score (nSPS) is 28.9. The smallest absolute Gasteiger partial charge is 0.321 e. The van der Waals surface area contributed by atoms with Gasteiger partial charge in [-0.05, 0) is 31.3 Å². The predicted octanol–water partition coefficient (Wildman–Crippen LogP) is -0.0720. The summed E-state index contributed by atoms with van der Waals surface area (Å²) in [4.78, 5) is 25.5. The molecule has 2 fully saturated rings. The molecule has 3 atom stereocenters. The lowest BCUT2D eigenvalue weighted by atomic mass is 9.93. The first kappa shape index (κ1) is 15.0. The number of rotatable bonds is 5. The molecule has 2 rings (SSSR count). The first-order valence-corrected chi connectivity index (χ1v) is 7.29. The number of hydrogen-bond acceptors (Lipinski definition) is 4. The Labute approximate surface area is 120 Å². The summed E-state index contributed by atoms with van der Waals surface area (Å²) in [7, 11) is 0. The van der Waals surface area contributed by atoms with Crippen molar-refractivity contribution in [2.75, 3.05) is 32.7 Å². The van der Waals surface area contributed by atoms with Crippen LogP contribution in [0.2, 0.25) is 0 Å². The maximum atomic E-state index is 11.9. The van der Waals surface area contributed by atoms with Gasteiger partial charge in [-0.15, -0.1) is 6.58 Å². The van der Waals surface area contributed by atoms with Crippen LogP contribution in [0.3, 0.4) is 0 Å². The summed E-state index contributed by atoms with van der Waals surface area (Å²) in [5, 5.41) is 8.31. The van der Waals surface area contributed by atoms with E-state index in [1.54, 1.807) is 6.08 Å². The number of carbonyl (C=O) groups is 2. The van der Waals surface area contributed by atoms with Crippen LogP contribution in [-0.2, 0) is 4.79 Å². The molecule has 0 aromatic rings. The third kappa shape index (κ3) is 3.37. The van der Waals surface area contributed by atoms with Crippen LogP contribution in [0.25, 0.3) is 0 Å². The van der Waals surface area contributed by atoms with E-state index in [2.05, 4.69) is 34.4 Å². The van der Waals surface area contributed by atoms with Gasteiger partial charge in [-0.1, -0.05) is 13.0 Å². The summed E-state index contributed by atoms with van der Waals surface area (Å²) >= 11 is 0. The number of hydrogen-bond donors (Lipinski definition) is 3. The molecular formula is C14H24N4O2. The fourth-order valence-electron chi connectivity index (χ4n) is 3.41. The summed E-state index contributed by atoms with van der Waals surface area (Å²) in [6.45, 7) is 9.35. The van der Waals surface area contributed by atoms with Crippen LogP contribution in [0, 0.1) is 11.8 Å². The van der Waals surface area contributed by atoms with Crippen LogP contribution in [0.1, 0.15) is 13.3 Å². The highest BCUT2D eigenvalue weighted by atomic mass is 16.2. The number of amides is 3. The van der Waals surface area contributed by atoms with Crippen molar-refractivity contribution in [2.45, 2.75) is 19.4 Å². The monoisotopic (exact) mass is 280 g/mol. The van der Waals surface area contributed by atoms with E-state index in [1.807, 2.05) is 0 Å². The largest absolute Gasteiger partial charge is 0.334 e. The van der Waals surface area contributed by atoms with E-state index < -0.39 is 6.03 Å². The second kappa shape index (κ2) is 6.85. The number of urea groups is 1. The van der Waals surface area contributed by atoms with Crippen molar-refractivity contribution in [1.82, 2.24) is 20.9 Å². The number of nitrogens with one attached hydrogen (secondary N) is 3. The van der Waals surface area contributed by atoms with E-state index in [-0.39, 0.29) is 5.91 Å². The highest BCUT2D eigenvalue weighted by Gasteiger charge is 2.43. The summed E-state index contributed by atoms with van der Waals surface area (Å²) in [6.07, 6.45) is 2.62. The Kier molecular flexibility index (Phi) is 5.14. The zero-order chi connectivity index (χ0) is 14.5. The van der Waals surface area contributed by atoms with E-state index in [4.69, 9.17) is 0 Å². The Bertz CT molecular complexity index is 385. The fourth-order valence-corrected chi connectivity index (χ4v) is 3.41. The SMILES string of the molecule is C=CCNC(=O)NC(=O)CN1CC2CNCC2C1CC. The van der Waals surface area contributed by atoms with Gasteiger partial charge < -0.3 is 10.6 Å². The highest BCUT2D eigenvalue weighted by Crippen LogP contribution is 2.33. The number of imide groups is 1. The maximum Gasteiger partial charge on any atom is 0.321 e. The van der Waals surface area contributed by atoms with Crippen LogP contribution in [0.5, 0.6) is 0 Å². The van der Waals surface area contributed by atoms with Crippen molar-refractivity contribution < 1.29 is 9.59 Å². The number of carbonyl (C=O) groups excluding carboxylic acids is 2. The highest BCUT2D eigenvalue weighted by molar-refractivity contribution is 5.95. The van der Waals surface area contributed by atoms with Gasteiger partial charge in [-0.3, -0.25) is 15.0 Å². The third-order valence-corrected chi connectivity index (χ3v) is 4.25. The molecule has 20 heavy (non-hydrogen) atoms. The third-order valence-electron chi connectivity index (χ3n) is 4.25. The first-order chi connectivity index (χ1) is 9.65. The number of nitrogens with zero attached hydrogens (tertiary/aromatic N) is 1. The molecule has 112 valence electrons. The summed E-state index contributed by atoms with van der Waals surface area (Å²) in [6, 6.07) is -0.0130. The minimum absolute atomic E-state index is 0.238. The lowest BCUT2D eigenvalue weighted by Gasteiger charge is -2.25. The molecule has 6 heteroatoms. The van der Waals surface area contributed by atoms with Gasteiger partial charge in [0.15, 0.2) is 0 Å². The number of likely N-dealkylation sites (tertiary alicyclic amines) is 1. The Hall–Kier alpha value is -1.40. The average Bonchev–Trinajstić information content (AvgIpc) is 2.96. The second-order valence-electron chi connectivity index (χ2n) is 5.53. The van der Waals surface area contributed by atoms with E-state index in [9.17, 15) is 9.59 Å². The van der Waals surface area contributed by atoms with Crippen LogP contribution in [0.15, 0.2) is 12.7 Å². The Morgan fingerprint density at radius 2 is 2.25 bits per heavy atom. The fraction of sp³-hybridized carbons (Fsp3) is 0.714. The van der Waals surface area contributed by atoms with Crippen LogP contribution < -0.4 is 16.0 Å². The van der Waals surface area contributed by atoms with Crippen molar-refractivity contribution in [3.63, 3.8) is 0 Å². The molecule has 0 radical (unpaired) electrons. The van der Waals surface area contributed by atoms with Gasteiger partial charge in [-0.2, -0.15) is 0 Å². The predicted molar refractivity (Wildman–Crippen MR) is 77.2 cm³/mol. The molecular weight excluding hydrogens is 256 g/mol. The molecule has 0 aliphatic carbocycles. The van der Waals surface area contributed by atoms with Crippen molar-refractivity contribution in [2.24, 2.45) is 11.8 Å². The molecule has 2 heterocycles. The standard InChI is InChI=1S/C14H24N4O2/c1-3-5-16-14(20)17-13(19)9-18-8-10-6-15-7-11(10)12(18)4-2/h3,10-12,15H,1,4-9H2,2H3,(H2,16,17,19,20). The van der Waals surface area contributed by atoms with Gasteiger partial charge in [0, 0.05) is 19.1 Å². The van der Waals surface area contributed by atoms with Gasteiger partial charge in [0.25, 0.3) is 0 Å². The minimum Gasteiger partial charge on any atom is -0.334 e. The molecule has 0 bridgehead atoms. The van der Waals surface area contributed by atoms with Crippen LogP contribution in [0.4, 0.5) is 4.79 Å². The Morgan fingerprint density at radius 3 is 2.95 bits per heavy atom. The molecule has 2 saturated heterocycles. The van der Waals surface area contributed by atoms with Gasteiger partial charge >= 0.3 is 6.03 Å². The first-order valence-electron chi connectivity index (χ1n) is 7.29. The molecule has 0 saturated carbocycles. The van der Waals surface area contributed by atoms with Crippen molar-refractivity contribution in [3.8, 4) is 0 Å². The van der Waals surface area contributed by atoms with Crippen molar-refractivity contribution >= 4 is 11.9 Å². The molecule has 3 amide bonds. The maximum absolute atomic E-state index is 11.9. The van der Waals surface area contributed by atoms with Gasteiger partial charge in [0.1, 0.15) is 0 Å². The van der Waals surface area contributed by atoms with Crippen LogP contribution >= 0.6 is 0 Å². The minimum atomic E-state index is -0.455. The van der Waals surface area contributed by atoms with Crippen molar-refractivity contribution in [1.29, 1.82) is 0 Å². The molecule has 6 nitrogen and oxygen atoms in total. The number of fused-ring (bicyclic) bond motifs is 1. The zero-order valence-electron chi connectivity index (χ0n) is 12.0.